The molecular formula is C12H26N4. The van der Waals surface area contributed by atoms with Crippen LogP contribution in [0.5, 0.6) is 0 Å². The molecule has 3 N–H and O–H groups in total. The van der Waals surface area contributed by atoms with Gasteiger partial charge in [0.2, 0.25) is 0 Å². The molecule has 0 aliphatic rings. The van der Waals surface area contributed by atoms with Crippen LogP contribution in [-0.4, -0.2) is 43.1 Å². The van der Waals surface area contributed by atoms with Crippen LogP contribution in [0.25, 0.3) is 0 Å². The summed E-state index contributed by atoms with van der Waals surface area (Å²) in [4.78, 5) is 6.67. The number of nitrogens with two attached hydrogens (primary N) is 1. The van der Waals surface area contributed by atoms with E-state index in [4.69, 9.17) is 5.73 Å². The van der Waals surface area contributed by atoms with Gasteiger partial charge in [-0.05, 0) is 26.9 Å². The van der Waals surface area contributed by atoms with Crippen LogP contribution in [0.4, 0.5) is 0 Å². The first-order chi connectivity index (χ1) is 7.51. The number of guanidine groups is 1. The standard InChI is InChI=1S/C12H26N4/c1-6-16(7-2)11(5)9-15-12(13)14-8-10(3)4/h11H,3,6-9H2,1-2,4-5H3,(H3,13,14,15). The molecule has 0 aromatic carbocycles. The van der Waals surface area contributed by atoms with Crippen molar-refractivity contribution < 1.29 is 0 Å². The molecule has 1 unspecified atom stereocenters. The number of rotatable bonds is 7. The highest BCUT2D eigenvalue weighted by Crippen LogP contribution is 1.98. The Morgan fingerprint density at radius 1 is 1.44 bits per heavy atom. The van der Waals surface area contributed by atoms with Crippen molar-refractivity contribution >= 4 is 5.96 Å². The van der Waals surface area contributed by atoms with E-state index < -0.39 is 0 Å². The Labute approximate surface area is 99.6 Å². The summed E-state index contributed by atoms with van der Waals surface area (Å²) in [6.45, 7) is 15.8. The van der Waals surface area contributed by atoms with E-state index >= 15 is 0 Å². The van der Waals surface area contributed by atoms with Crippen LogP contribution in [0.2, 0.25) is 0 Å². The third-order valence-electron chi connectivity index (χ3n) is 2.53. The zero-order chi connectivity index (χ0) is 12.6. The first-order valence-corrected chi connectivity index (χ1v) is 5.93. The van der Waals surface area contributed by atoms with Gasteiger partial charge in [-0.25, -0.2) is 0 Å². The van der Waals surface area contributed by atoms with Gasteiger partial charge in [-0.15, -0.1) is 0 Å². The van der Waals surface area contributed by atoms with E-state index in [1.54, 1.807) is 0 Å². The summed E-state index contributed by atoms with van der Waals surface area (Å²) in [6.07, 6.45) is 0. The van der Waals surface area contributed by atoms with Gasteiger partial charge in [-0.1, -0.05) is 26.0 Å². The maximum absolute atomic E-state index is 5.73. The molecule has 0 bridgehead atoms. The lowest BCUT2D eigenvalue weighted by molar-refractivity contribution is 0.237. The van der Waals surface area contributed by atoms with Crippen molar-refractivity contribution in [2.75, 3.05) is 26.2 Å². The van der Waals surface area contributed by atoms with Crippen LogP contribution in [0.15, 0.2) is 17.1 Å². The van der Waals surface area contributed by atoms with Crippen molar-refractivity contribution in [2.24, 2.45) is 10.7 Å². The first-order valence-electron chi connectivity index (χ1n) is 5.93. The van der Waals surface area contributed by atoms with Crippen molar-refractivity contribution in [3.05, 3.63) is 12.2 Å². The SMILES string of the molecule is C=C(C)CNC(N)=NCC(C)N(CC)CC. The number of aliphatic imine (C=N–C) groups is 1. The molecule has 0 spiro atoms. The first kappa shape index (κ1) is 15.0. The molecule has 1 atom stereocenters. The molecule has 0 fully saturated rings. The van der Waals surface area contributed by atoms with Crippen molar-refractivity contribution in [3.8, 4) is 0 Å². The van der Waals surface area contributed by atoms with Gasteiger partial charge in [-0.3, -0.25) is 9.89 Å². The lowest BCUT2D eigenvalue weighted by Crippen LogP contribution is -2.37. The van der Waals surface area contributed by atoms with Crippen LogP contribution in [0, 0.1) is 0 Å². The molecule has 0 radical (unpaired) electrons. The van der Waals surface area contributed by atoms with Gasteiger partial charge < -0.3 is 11.1 Å². The summed E-state index contributed by atoms with van der Waals surface area (Å²) in [7, 11) is 0. The van der Waals surface area contributed by atoms with Gasteiger partial charge in [0.1, 0.15) is 0 Å². The molecule has 0 aromatic heterocycles. The molecule has 0 saturated heterocycles. The second-order valence-electron chi connectivity index (χ2n) is 4.11. The Kier molecular flexibility index (Phi) is 7.64. The number of hydrogen-bond acceptors (Lipinski definition) is 2. The predicted molar refractivity (Wildman–Crippen MR) is 71.7 cm³/mol. The monoisotopic (exact) mass is 226 g/mol. The van der Waals surface area contributed by atoms with E-state index in [0.29, 0.717) is 18.5 Å². The van der Waals surface area contributed by atoms with Gasteiger partial charge in [0, 0.05) is 12.6 Å². The maximum atomic E-state index is 5.73. The number of hydrogen-bond donors (Lipinski definition) is 2. The van der Waals surface area contributed by atoms with E-state index in [2.05, 4.69) is 42.6 Å². The molecule has 4 nitrogen and oxygen atoms in total. The highest BCUT2D eigenvalue weighted by molar-refractivity contribution is 5.78. The summed E-state index contributed by atoms with van der Waals surface area (Å²) in [5.74, 6) is 0.502. The second-order valence-corrected chi connectivity index (χ2v) is 4.11. The molecule has 0 aliphatic carbocycles. The Balaban J connectivity index is 3.99. The molecule has 0 heterocycles. The molecule has 0 rings (SSSR count). The summed E-state index contributed by atoms with van der Waals surface area (Å²) in [5.41, 5.74) is 6.78. The van der Waals surface area contributed by atoms with Gasteiger partial charge >= 0.3 is 0 Å². The minimum Gasteiger partial charge on any atom is -0.370 e. The zero-order valence-electron chi connectivity index (χ0n) is 11.1. The topological polar surface area (TPSA) is 53.6 Å². The van der Waals surface area contributed by atoms with Crippen molar-refractivity contribution in [1.29, 1.82) is 0 Å². The van der Waals surface area contributed by atoms with E-state index in [1.807, 2.05) is 6.92 Å². The smallest absolute Gasteiger partial charge is 0.188 e. The van der Waals surface area contributed by atoms with Crippen LogP contribution < -0.4 is 11.1 Å². The fourth-order valence-corrected chi connectivity index (χ4v) is 1.49. The summed E-state index contributed by atoms with van der Waals surface area (Å²) in [6, 6.07) is 0.431. The van der Waals surface area contributed by atoms with E-state index in [0.717, 1.165) is 25.2 Å². The molecular weight excluding hydrogens is 200 g/mol. The lowest BCUT2D eigenvalue weighted by Gasteiger charge is -2.24. The molecule has 16 heavy (non-hydrogen) atoms. The highest BCUT2D eigenvalue weighted by atomic mass is 15.2. The normalized spacial score (nSPS) is 13.9. The van der Waals surface area contributed by atoms with E-state index in [1.165, 1.54) is 0 Å². The molecule has 94 valence electrons. The molecule has 0 aromatic rings. The van der Waals surface area contributed by atoms with Gasteiger partial charge in [0.25, 0.3) is 0 Å². The summed E-state index contributed by atoms with van der Waals surface area (Å²) in [5, 5.41) is 3.02. The third kappa shape index (κ3) is 6.45. The zero-order valence-corrected chi connectivity index (χ0v) is 11.1. The van der Waals surface area contributed by atoms with E-state index in [9.17, 15) is 0 Å². The van der Waals surface area contributed by atoms with Crippen LogP contribution in [0.1, 0.15) is 27.7 Å². The average Bonchev–Trinajstić information content (AvgIpc) is 2.25. The largest absolute Gasteiger partial charge is 0.370 e. The summed E-state index contributed by atoms with van der Waals surface area (Å²) >= 11 is 0. The van der Waals surface area contributed by atoms with Gasteiger partial charge in [0.05, 0.1) is 6.54 Å². The summed E-state index contributed by atoms with van der Waals surface area (Å²) < 4.78 is 0. The minimum atomic E-state index is 0.431. The lowest BCUT2D eigenvalue weighted by atomic mass is 10.3. The van der Waals surface area contributed by atoms with E-state index in [-0.39, 0.29) is 0 Å². The molecule has 0 amide bonds. The predicted octanol–water partition coefficient (Wildman–Crippen LogP) is 1.20. The Bertz CT molecular complexity index is 231. The van der Waals surface area contributed by atoms with Crippen molar-refractivity contribution in [1.82, 2.24) is 10.2 Å². The fraction of sp³-hybridized carbons (Fsp3) is 0.750. The second kappa shape index (κ2) is 8.16. The molecule has 4 heteroatoms. The highest BCUT2D eigenvalue weighted by Gasteiger charge is 2.08. The maximum Gasteiger partial charge on any atom is 0.188 e. The van der Waals surface area contributed by atoms with Crippen LogP contribution in [-0.2, 0) is 0 Å². The van der Waals surface area contributed by atoms with Gasteiger partial charge in [-0.2, -0.15) is 0 Å². The Hall–Kier alpha value is -1.03. The van der Waals surface area contributed by atoms with Crippen molar-refractivity contribution in [2.45, 2.75) is 33.7 Å². The number of nitrogens with zero attached hydrogens (tertiary/aromatic N) is 2. The quantitative estimate of drug-likeness (QED) is 0.389. The van der Waals surface area contributed by atoms with Crippen molar-refractivity contribution in [3.63, 3.8) is 0 Å². The average molecular weight is 226 g/mol. The third-order valence-corrected chi connectivity index (χ3v) is 2.53. The Morgan fingerprint density at radius 2 is 2.00 bits per heavy atom. The number of likely N-dealkylation sites (N-methyl/N-ethyl adjacent to an activating group) is 1. The molecule has 0 aliphatic heterocycles. The van der Waals surface area contributed by atoms with Crippen LogP contribution in [0.3, 0.4) is 0 Å². The Morgan fingerprint density at radius 3 is 2.44 bits per heavy atom. The van der Waals surface area contributed by atoms with Crippen LogP contribution >= 0.6 is 0 Å². The van der Waals surface area contributed by atoms with Gasteiger partial charge in [0.15, 0.2) is 5.96 Å². The fourth-order valence-electron chi connectivity index (χ4n) is 1.49. The minimum absolute atomic E-state index is 0.431. The number of nitrogens with one attached hydrogen (secondary N) is 1. The molecule has 0 saturated carbocycles.